The van der Waals surface area contributed by atoms with Gasteiger partial charge in [-0.15, -0.1) is 0 Å². The summed E-state index contributed by atoms with van der Waals surface area (Å²) >= 11 is 4.97. The number of alkyl halides is 1. The highest BCUT2D eigenvalue weighted by Gasteiger charge is 2.18. The zero-order valence-corrected chi connectivity index (χ0v) is 7.32. The van der Waals surface area contributed by atoms with Crippen molar-refractivity contribution < 1.29 is 13.5 Å². The molecule has 3 nitrogen and oxygen atoms in total. The maximum atomic E-state index is 10.7. The lowest BCUT2D eigenvalue weighted by molar-refractivity contribution is 0.323. The molecule has 0 aromatic heterocycles. The number of aliphatic hydroxyl groups excluding tert-OH is 1. The average Bonchev–Trinajstić information content (AvgIpc) is 1.84. The first-order valence-corrected chi connectivity index (χ1v) is 5.19. The summed E-state index contributed by atoms with van der Waals surface area (Å²) in [6, 6.07) is 0. The standard InChI is InChI=1S/C5H11ClO3S/c1-2-3-4-10(8,9)5(6)7/h5,7H,2-4H2,1H3. The van der Waals surface area contributed by atoms with Crippen molar-refractivity contribution in [3.63, 3.8) is 0 Å². The molecule has 0 bridgehead atoms. The molecule has 1 N–H and O–H groups in total. The highest BCUT2D eigenvalue weighted by Crippen LogP contribution is 2.05. The number of rotatable bonds is 4. The van der Waals surface area contributed by atoms with E-state index in [0.717, 1.165) is 6.42 Å². The Hall–Kier alpha value is 0.200. The molecular formula is C5H11ClO3S. The Morgan fingerprint density at radius 1 is 1.60 bits per heavy atom. The third-order valence-electron chi connectivity index (χ3n) is 1.08. The van der Waals surface area contributed by atoms with Gasteiger partial charge in [-0.3, -0.25) is 0 Å². The van der Waals surface area contributed by atoms with E-state index in [0.29, 0.717) is 6.42 Å². The molecule has 0 saturated heterocycles. The van der Waals surface area contributed by atoms with Crippen LogP contribution in [0.4, 0.5) is 0 Å². The van der Waals surface area contributed by atoms with Crippen LogP contribution >= 0.6 is 11.6 Å². The topological polar surface area (TPSA) is 54.4 Å². The number of hydrogen-bond acceptors (Lipinski definition) is 3. The van der Waals surface area contributed by atoms with Crippen molar-refractivity contribution >= 4 is 21.4 Å². The fourth-order valence-corrected chi connectivity index (χ4v) is 1.60. The van der Waals surface area contributed by atoms with Crippen molar-refractivity contribution in [3.05, 3.63) is 0 Å². The molecular weight excluding hydrogens is 176 g/mol. The second-order valence-electron chi connectivity index (χ2n) is 2.01. The first-order chi connectivity index (χ1) is 4.50. The zero-order chi connectivity index (χ0) is 8.20. The predicted octanol–water partition coefficient (Wildman–Crippen LogP) is 0.716. The summed E-state index contributed by atoms with van der Waals surface area (Å²) in [4.78, 5) is -1.74. The highest BCUT2D eigenvalue weighted by molar-refractivity contribution is 7.93. The third kappa shape index (κ3) is 3.39. The van der Waals surface area contributed by atoms with Crippen LogP contribution in [-0.2, 0) is 9.84 Å². The van der Waals surface area contributed by atoms with Crippen molar-refractivity contribution in [2.45, 2.75) is 24.7 Å². The van der Waals surface area contributed by atoms with E-state index in [2.05, 4.69) is 0 Å². The summed E-state index contributed by atoms with van der Waals surface area (Å²) in [5.74, 6) is -0.0336. The molecule has 0 aliphatic rings. The average molecular weight is 187 g/mol. The minimum atomic E-state index is -3.44. The zero-order valence-electron chi connectivity index (χ0n) is 5.75. The van der Waals surface area contributed by atoms with Crippen LogP contribution in [0.3, 0.4) is 0 Å². The van der Waals surface area contributed by atoms with Gasteiger partial charge in [0.2, 0.25) is 4.90 Å². The molecule has 1 unspecified atom stereocenters. The quantitative estimate of drug-likeness (QED) is 0.659. The summed E-state index contributed by atoms with van der Waals surface area (Å²) in [5, 5.41) is 8.48. The van der Waals surface area contributed by atoms with Gasteiger partial charge in [-0.2, -0.15) is 0 Å². The highest BCUT2D eigenvalue weighted by atomic mass is 35.5. The molecule has 0 spiro atoms. The van der Waals surface area contributed by atoms with Crippen molar-refractivity contribution in [2.75, 3.05) is 5.75 Å². The van der Waals surface area contributed by atoms with E-state index in [1.165, 1.54) is 0 Å². The van der Waals surface area contributed by atoms with E-state index in [-0.39, 0.29) is 5.75 Å². The maximum absolute atomic E-state index is 10.7. The normalized spacial score (nSPS) is 15.1. The summed E-state index contributed by atoms with van der Waals surface area (Å²) in [6.45, 7) is 1.87. The Morgan fingerprint density at radius 2 is 2.10 bits per heavy atom. The largest absolute Gasteiger partial charge is 0.365 e. The molecule has 10 heavy (non-hydrogen) atoms. The van der Waals surface area contributed by atoms with Crippen LogP contribution < -0.4 is 0 Å². The van der Waals surface area contributed by atoms with Crippen LogP contribution in [0.15, 0.2) is 0 Å². The van der Waals surface area contributed by atoms with Gasteiger partial charge in [0.25, 0.3) is 0 Å². The van der Waals surface area contributed by atoms with Gasteiger partial charge in [-0.1, -0.05) is 24.9 Å². The van der Waals surface area contributed by atoms with E-state index in [4.69, 9.17) is 16.7 Å². The van der Waals surface area contributed by atoms with Gasteiger partial charge in [0.05, 0.1) is 5.75 Å². The second kappa shape index (κ2) is 4.16. The molecule has 0 aromatic rings. The maximum Gasteiger partial charge on any atom is 0.230 e. The van der Waals surface area contributed by atoms with Crippen molar-refractivity contribution in [2.24, 2.45) is 0 Å². The molecule has 62 valence electrons. The molecule has 0 rings (SSSR count). The molecule has 0 radical (unpaired) electrons. The molecule has 5 heteroatoms. The van der Waals surface area contributed by atoms with Crippen LogP contribution in [-0.4, -0.2) is 24.2 Å². The Kier molecular flexibility index (Phi) is 4.24. The Bertz CT molecular complexity index is 173. The molecule has 0 fully saturated rings. The number of aliphatic hydroxyl groups is 1. The fourth-order valence-electron chi connectivity index (χ4n) is 0.443. The number of hydrogen-bond donors (Lipinski definition) is 1. The monoisotopic (exact) mass is 186 g/mol. The van der Waals surface area contributed by atoms with Gasteiger partial charge in [-0.25, -0.2) is 8.42 Å². The van der Waals surface area contributed by atoms with E-state index >= 15 is 0 Å². The lowest BCUT2D eigenvalue weighted by Gasteiger charge is -2.02. The van der Waals surface area contributed by atoms with Crippen molar-refractivity contribution in [3.8, 4) is 0 Å². The van der Waals surface area contributed by atoms with Crippen LogP contribution in [0.25, 0.3) is 0 Å². The Labute approximate surface area is 65.9 Å². The Morgan fingerprint density at radius 3 is 2.40 bits per heavy atom. The fraction of sp³-hybridized carbons (Fsp3) is 1.00. The first kappa shape index (κ1) is 10.2. The summed E-state index contributed by atoms with van der Waals surface area (Å²) in [7, 11) is -3.44. The molecule has 1 atom stereocenters. The summed E-state index contributed by atoms with van der Waals surface area (Å²) in [6.07, 6.45) is 1.33. The number of halogens is 1. The van der Waals surface area contributed by atoms with E-state index < -0.39 is 14.7 Å². The first-order valence-electron chi connectivity index (χ1n) is 3.04. The predicted molar refractivity (Wildman–Crippen MR) is 40.6 cm³/mol. The van der Waals surface area contributed by atoms with Crippen LogP contribution in [0.5, 0.6) is 0 Å². The summed E-state index contributed by atoms with van der Waals surface area (Å²) < 4.78 is 21.4. The van der Waals surface area contributed by atoms with Gasteiger partial charge in [-0.05, 0) is 6.42 Å². The van der Waals surface area contributed by atoms with Gasteiger partial charge in [0, 0.05) is 0 Å². The van der Waals surface area contributed by atoms with Gasteiger partial charge >= 0.3 is 0 Å². The minimum Gasteiger partial charge on any atom is -0.365 e. The van der Waals surface area contributed by atoms with Crippen LogP contribution in [0, 0.1) is 0 Å². The molecule has 0 saturated carbocycles. The smallest absolute Gasteiger partial charge is 0.230 e. The minimum absolute atomic E-state index is 0.0336. The van der Waals surface area contributed by atoms with E-state index in [9.17, 15) is 8.42 Å². The van der Waals surface area contributed by atoms with E-state index in [1.807, 2.05) is 6.92 Å². The van der Waals surface area contributed by atoms with Crippen LogP contribution in [0.2, 0.25) is 0 Å². The van der Waals surface area contributed by atoms with Gasteiger partial charge in [0.1, 0.15) is 0 Å². The van der Waals surface area contributed by atoms with Gasteiger partial charge < -0.3 is 5.11 Å². The molecule has 0 amide bonds. The van der Waals surface area contributed by atoms with Crippen molar-refractivity contribution in [1.82, 2.24) is 0 Å². The molecule has 0 aliphatic heterocycles. The lowest BCUT2D eigenvalue weighted by atomic mass is 10.4. The third-order valence-corrected chi connectivity index (χ3v) is 3.34. The van der Waals surface area contributed by atoms with Crippen LogP contribution in [0.1, 0.15) is 19.8 Å². The molecule has 0 heterocycles. The lowest BCUT2D eigenvalue weighted by Crippen LogP contribution is -2.17. The molecule has 0 aliphatic carbocycles. The van der Waals surface area contributed by atoms with E-state index in [1.54, 1.807) is 0 Å². The summed E-state index contributed by atoms with van der Waals surface area (Å²) in [5.41, 5.74) is 0. The van der Waals surface area contributed by atoms with Crippen molar-refractivity contribution in [1.29, 1.82) is 0 Å². The molecule has 0 aromatic carbocycles. The van der Waals surface area contributed by atoms with Gasteiger partial charge in [0.15, 0.2) is 9.84 Å². The SMILES string of the molecule is CCCCS(=O)(=O)C(O)Cl. The Balaban J connectivity index is 3.90. The number of sulfone groups is 1. The number of unbranched alkanes of at least 4 members (excludes halogenated alkanes) is 1. The second-order valence-corrected chi connectivity index (χ2v) is 4.87.